The lowest BCUT2D eigenvalue weighted by molar-refractivity contribution is -0.132. The Labute approximate surface area is 179 Å². The van der Waals surface area contributed by atoms with E-state index in [0.717, 1.165) is 48.3 Å². The molecule has 1 saturated heterocycles. The fourth-order valence-corrected chi connectivity index (χ4v) is 4.90. The van der Waals surface area contributed by atoms with Crippen LogP contribution >= 0.6 is 0 Å². The van der Waals surface area contributed by atoms with Crippen LogP contribution in [0.25, 0.3) is 10.9 Å². The number of carbonyl (C=O) groups is 1. The van der Waals surface area contributed by atoms with Gasteiger partial charge in [0.1, 0.15) is 5.75 Å². The second-order valence-corrected chi connectivity index (χ2v) is 8.64. The van der Waals surface area contributed by atoms with Crippen molar-refractivity contribution in [2.75, 3.05) is 13.7 Å². The smallest absolute Gasteiger partial charge is 0.227 e. The molecule has 2 aromatic carbocycles. The fourth-order valence-electron chi connectivity index (χ4n) is 4.90. The largest absolute Gasteiger partial charge is 0.497 e. The zero-order valence-electron chi connectivity index (χ0n) is 18.5. The number of rotatable bonds is 4. The molecule has 4 heteroatoms. The van der Waals surface area contributed by atoms with E-state index in [0.29, 0.717) is 6.42 Å². The van der Waals surface area contributed by atoms with Gasteiger partial charge in [-0.25, -0.2) is 0 Å². The molecule has 158 valence electrons. The third-order valence-electron chi connectivity index (χ3n) is 6.47. The number of hydrogen-bond donors (Lipinski definition) is 1. The van der Waals surface area contributed by atoms with E-state index < -0.39 is 0 Å². The van der Waals surface area contributed by atoms with Crippen molar-refractivity contribution in [2.45, 2.75) is 58.9 Å². The molecule has 1 aromatic heterocycles. The number of fused-ring (bicyclic) bond motifs is 1. The van der Waals surface area contributed by atoms with Crippen molar-refractivity contribution in [3.8, 4) is 5.75 Å². The van der Waals surface area contributed by atoms with E-state index in [2.05, 4.69) is 54.9 Å². The van der Waals surface area contributed by atoms with Crippen molar-refractivity contribution in [1.29, 1.82) is 0 Å². The third kappa shape index (κ3) is 3.96. The van der Waals surface area contributed by atoms with Crippen LogP contribution in [-0.2, 0) is 11.2 Å². The van der Waals surface area contributed by atoms with Gasteiger partial charge in [0.25, 0.3) is 0 Å². The van der Waals surface area contributed by atoms with Crippen molar-refractivity contribution in [2.24, 2.45) is 0 Å². The Bertz CT molecular complexity index is 1050. The Morgan fingerprint density at radius 1 is 1.10 bits per heavy atom. The molecule has 4 rings (SSSR count). The molecular weight excluding hydrogens is 372 g/mol. The number of methoxy groups -OCH3 is 1. The van der Waals surface area contributed by atoms with Gasteiger partial charge in [-0.15, -0.1) is 0 Å². The second-order valence-electron chi connectivity index (χ2n) is 8.64. The summed E-state index contributed by atoms with van der Waals surface area (Å²) in [7, 11) is 1.68. The van der Waals surface area contributed by atoms with Gasteiger partial charge in [0.15, 0.2) is 0 Å². The molecule has 1 amide bonds. The van der Waals surface area contributed by atoms with Gasteiger partial charge in [-0.3, -0.25) is 4.79 Å². The monoisotopic (exact) mass is 404 g/mol. The number of aromatic amines is 1. The number of nitrogens with zero attached hydrogens (tertiary/aromatic N) is 1. The molecule has 0 radical (unpaired) electrons. The lowest BCUT2D eigenvalue weighted by Gasteiger charge is -2.31. The first-order valence-electron chi connectivity index (χ1n) is 11.0. The Hall–Kier alpha value is -2.75. The molecule has 0 aliphatic carbocycles. The summed E-state index contributed by atoms with van der Waals surface area (Å²) in [6, 6.07) is 12.8. The van der Waals surface area contributed by atoms with Crippen LogP contribution in [0.5, 0.6) is 5.75 Å². The summed E-state index contributed by atoms with van der Waals surface area (Å²) in [6.45, 7) is 7.16. The predicted octanol–water partition coefficient (Wildman–Crippen LogP) is 5.79. The lowest BCUT2D eigenvalue weighted by Crippen LogP contribution is -2.36. The molecule has 30 heavy (non-hydrogen) atoms. The van der Waals surface area contributed by atoms with Crippen LogP contribution in [0.15, 0.2) is 36.4 Å². The molecule has 4 nitrogen and oxygen atoms in total. The highest BCUT2D eigenvalue weighted by molar-refractivity contribution is 5.92. The Balaban J connectivity index is 1.65. The van der Waals surface area contributed by atoms with E-state index in [1.807, 2.05) is 12.1 Å². The summed E-state index contributed by atoms with van der Waals surface area (Å²) >= 11 is 0. The minimum atomic E-state index is 0.139. The molecular formula is C26H32N2O2. The maximum Gasteiger partial charge on any atom is 0.227 e. The van der Waals surface area contributed by atoms with Crippen LogP contribution in [0.2, 0.25) is 0 Å². The van der Waals surface area contributed by atoms with Crippen molar-refractivity contribution in [3.63, 3.8) is 0 Å². The average Bonchev–Trinajstić information content (AvgIpc) is 2.91. The number of ether oxygens (including phenoxy) is 1. The molecule has 2 heterocycles. The quantitative estimate of drug-likeness (QED) is 0.598. The first-order valence-corrected chi connectivity index (χ1v) is 11.0. The predicted molar refractivity (Wildman–Crippen MR) is 122 cm³/mol. The highest BCUT2D eigenvalue weighted by Crippen LogP contribution is 2.33. The first kappa shape index (κ1) is 20.5. The van der Waals surface area contributed by atoms with E-state index in [1.54, 1.807) is 7.11 Å². The number of aryl methyl sites for hydroxylation is 3. The number of H-pyrrole nitrogens is 1. The van der Waals surface area contributed by atoms with Crippen LogP contribution in [0.1, 0.15) is 59.7 Å². The maximum absolute atomic E-state index is 13.6. The van der Waals surface area contributed by atoms with Gasteiger partial charge < -0.3 is 14.6 Å². The normalized spacial score (nSPS) is 17.2. The van der Waals surface area contributed by atoms with Crippen LogP contribution in [0.4, 0.5) is 0 Å². The SMILES string of the molecule is COc1ccc([C@@H]2CCCCCN2C(=O)Cc2c(C)[nH]c3c(C)cc(C)cc23)cc1. The summed E-state index contributed by atoms with van der Waals surface area (Å²) < 4.78 is 5.31. The van der Waals surface area contributed by atoms with Crippen LogP contribution in [0.3, 0.4) is 0 Å². The number of amides is 1. The van der Waals surface area contributed by atoms with Gasteiger partial charge in [-0.05, 0) is 68.5 Å². The minimum Gasteiger partial charge on any atom is -0.497 e. The summed E-state index contributed by atoms with van der Waals surface area (Å²) in [5.74, 6) is 1.08. The molecule has 1 aliphatic rings. The summed E-state index contributed by atoms with van der Waals surface area (Å²) in [5, 5.41) is 1.19. The van der Waals surface area contributed by atoms with Crippen LogP contribution in [0, 0.1) is 20.8 Å². The van der Waals surface area contributed by atoms with Crippen LogP contribution < -0.4 is 4.74 Å². The molecule has 0 spiro atoms. The van der Waals surface area contributed by atoms with Gasteiger partial charge >= 0.3 is 0 Å². The number of benzene rings is 2. The average molecular weight is 405 g/mol. The Kier molecular flexibility index (Phi) is 5.85. The minimum absolute atomic E-state index is 0.139. The van der Waals surface area contributed by atoms with Gasteiger partial charge in [0.05, 0.1) is 19.6 Å². The summed E-state index contributed by atoms with van der Waals surface area (Å²) in [6.07, 6.45) is 4.87. The zero-order chi connectivity index (χ0) is 21.3. The Morgan fingerprint density at radius 2 is 1.87 bits per heavy atom. The van der Waals surface area contributed by atoms with E-state index in [-0.39, 0.29) is 11.9 Å². The van der Waals surface area contributed by atoms with E-state index in [4.69, 9.17) is 4.74 Å². The van der Waals surface area contributed by atoms with Gasteiger partial charge in [0.2, 0.25) is 5.91 Å². The molecule has 3 aromatic rings. The van der Waals surface area contributed by atoms with Crippen molar-refractivity contribution < 1.29 is 9.53 Å². The second kappa shape index (κ2) is 8.55. The molecule has 0 saturated carbocycles. The van der Waals surface area contributed by atoms with E-state index >= 15 is 0 Å². The van der Waals surface area contributed by atoms with Crippen molar-refractivity contribution >= 4 is 16.8 Å². The number of likely N-dealkylation sites (tertiary alicyclic amines) is 1. The molecule has 0 bridgehead atoms. The molecule has 1 fully saturated rings. The van der Waals surface area contributed by atoms with Crippen molar-refractivity contribution in [3.05, 3.63) is 64.3 Å². The van der Waals surface area contributed by atoms with E-state index in [9.17, 15) is 4.79 Å². The molecule has 1 atom stereocenters. The summed E-state index contributed by atoms with van der Waals surface area (Å²) in [5.41, 5.74) is 7.07. The highest BCUT2D eigenvalue weighted by atomic mass is 16.5. The highest BCUT2D eigenvalue weighted by Gasteiger charge is 2.28. The number of hydrogen-bond acceptors (Lipinski definition) is 2. The van der Waals surface area contributed by atoms with Gasteiger partial charge in [0, 0.05) is 23.1 Å². The lowest BCUT2D eigenvalue weighted by atomic mass is 9.99. The number of carbonyl (C=O) groups excluding carboxylic acids is 1. The third-order valence-corrected chi connectivity index (χ3v) is 6.47. The summed E-state index contributed by atoms with van der Waals surface area (Å²) in [4.78, 5) is 19.2. The topological polar surface area (TPSA) is 45.3 Å². The van der Waals surface area contributed by atoms with Crippen LogP contribution in [-0.4, -0.2) is 29.4 Å². The van der Waals surface area contributed by atoms with Crippen molar-refractivity contribution in [1.82, 2.24) is 9.88 Å². The Morgan fingerprint density at radius 3 is 2.60 bits per heavy atom. The molecule has 1 N–H and O–H groups in total. The number of nitrogens with one attached hydrogen (secondary N) is 1. The van der Waals surface area contributed by atoms with E-state index in [1.165, 1.54) is 28.5 Å². The van der Waals surface area contributed by atoms with Gasteiger partial charge in [-0.1, -0.05) is 36.6 Å². The fraction of sp³-hybridized carbons (Fsp3) is 0.423. The maximum atomic E-state index is 13.6. The standard InChI is InChI=1S/C26H32N2O2/c1-17-14-18(2)26-23(15-17)22(19(3)27-26)16-25(29)28-13-7-5-6-8-24(28)20-9-11-21(30-4)12-10-20/h9-12,14-15,24,27H,5-8,13,16H2,1-4H3/t24-/m0/s1. The molecule has 1 aliphatic heterocycles. The van der Waals surface area contributed by atoms with Gasteiger partial charge in [-0.2, -0.15) is 0 Å². The molecule has 0 unspecified atom stereocenters. The first-order chi connectivity index (χ1) is 14.5. The number of aromatic nitrogens is 1. The zero-order valence-corrected chi connectivity index (χ0v) is 18.5.